The van der Waals surface area contributed by atoms with Crippen LogP contribution in [0, 0.1) is 0 Å². The van der Waals surface area contributed by atoms with Crippen molar-refractivity contribution in [2.24, 2.45) is 0 Å². The predicted octanol–water partition coefficient (Wildman–Crippen LogP) is 2.19. The minimum atomic E-state index is -4.54. The van der Waals surface area contributed by atoms with Gasteiger partial charge in [0.05, 0.1) is 5.56 Å². The maximum Gasteiger partial charge on any atom is 0.416 e. The molecule has 0 radical (unpaired) electrons. The molecule has 0 saturated carbocycles. The number of nitrogens with two attached hydrogens (primary N) is 1. The molecule has 144 valence electrons. The molecule has 5 N–H and O–H groups in total. The Bertz CT molecular complexity index is 928. The first kappa shape index (κ1) is 20.3. The summed E-state index contributed by atoms with van der Waals surface area (Å²) in [7, 11) is 0. The van der Waals surface area contributed by atoms with Crippen LogP contribution in [0.3, 0.4) is 0 Å². The smallest absolute Gasteiger partial charge is 0.416 e. The Morgan fingerprint density at radius 3 is 2.37 bits per heavy atom. The van der Waals surface area contributed by atoms with E-state index in [0.717, 1.165) is 36.0 Å². The summed E-state index contributed by atoms with van der Waals surface area (Å²) in [5.74, 6) is -2.35. The van der Waals surface area contributed by atoms with Crippen LogP contribution in [-0.2, 0) is 11.0 Å². The first-order valence-electron chi connectivity index (χ1n) is 7.27. The van der Waals surface area contributed by atoms with Gasteiger partial charge in [-0.25, -0.2) is 4.98 Å². The number of carbonyl (C=O) groups is 2. The number of thioether (sulfide) groups is 1. The number of hydrogen-bond donors (Lipinski definition) is 4. The van der Waals surface area contributed by atoms with E-state index in [1.54, 1.807) is 0 Å². The van der Waals surface area contributed by atoms with Crippen LogP contribution in [0.5, 0.6) is 0 Å². The highest BCUT2D eigenvalue weighted by atomic mass is 32.2. The van der Waals surface area contributed by atoms with Gasteiger partial charge in [-0.3, -0.25) is 19.4 Å². The van der Waals surface area contributed by atoms with E-state index in [1.807, 2.05) is 0 Å². The van der Waals surface area contributed by atoms with Gasteiger partial charge in [0.15, 0.2) is 11.0 Å². The van der Waals surface area contributed by atoms with Crippen molar-refractivity contribution in [3.63, 3.8) is 0 Å². The maximum atomic E-state index is 12.5. The van der Waals surface area contributed by atoms with Crippen LogP contribution in [-0.4, -0.2) is 32.2 Å². The van der Waals surface area contributed by atoms with Gasteiger partial charge in [0, 0.05) is 5.56 Å². The van der Waals surface area contributed by atoms with Crippen molar-refractivity contribution in [1.82, 2.24) is 9.97 Å². The zero-order valence-corrected chi connectivity index (χ0v) is 14.4. The monoisotopic (exact) mass is 402 g/mol. The fourth-order valence-corrected chi connectivity index (χ4v) is 2.60. The molecule has 2 rings (SSSR count). The number of aromatic amines is 1. The van der Waals surface area contributed by atoms with Gasteiger partial charge in [-0.15, -0.1) is 0 Å². The molecule has 1 atom stereocenters. The zero-order chi connectivity index (χ0) is 20.4. The third-order valence-corrected chi connectivity index (χ3v) is 4.25. The van der Waals surface area contributed by atoms with E-state index in [-0.39, 0.29) is 16.5 Å². The summed E-state index contributed by atoms with van der Waals surface area (Å²) in [5.41, 5.74) is 3.35. The maximum absolute atomic E-state index is 12.5. The second-order valence-electron chi connectivity index (χ2n) is 5.26. The lowest BCUT2D eigenvalue weighted by Crippen LogP contribution is -2.23. The molecule has 0 unspecified atom stereocenters. The molecule has 12 heteroatoms. The van der Waals surface area contributed by atoms with Gasteiger partial charge in [-0.2, -0.15) is 13.2 Å². The number of carbonyl (C=O) groups excluding carboxylic acids is 1. The number of halogens is 3. The van der Waals surface area contributed by atoms with Gasteiger partial charge in [0.25, 0.3) is 11.5 Å². The molecule has 1 heterocycles. The Hall–Kier alpha value is -3.02. The second-order valence-corrected chi connectivity index (χ2v) is 6.59. The third-order valence-electron chi connectivity index (χ3n) is 3.27. The molecular weight excluding hydrogens is 389 g/mol. The molecule has 0 saturated heterocycles. The van der Waals surface area contributed by atoms with Crippen LogP contribution in [0.4, 0.5) is 24.7 Å². The lowest BCUT2D eigenvalue weighted by atomic mass is 10.1. The number of anilines is 2. The van der Waals surface area contributed by atoms with E-state index in [0.29, 0.717) is 0 Å². The average Bonchev–Trinajstić information content (AvgIpc) is 2.57. The van der Waals surface area contributed by atoms with E-state index < -0.39 is 40.1 Å². The molecule has 0 spiro atoms. The summed E-state index contributed by atoms with van der Waals surface area (Å²) in [6.45, 7) is 1.38. The minimum Gasteiger partial charge on any atom is -0.480 e. The van der Waals surface area contributed by atoms with Crippen molar-refractivity contribution in [2.45, 2.75) is 23.5 Å². The van der Waals surface area contributed by atoms with Crippen molar-refractivity contribution in [3.05, 3.63) is 45.7 Å². The van der Waals surface area contributed by atoms with Gasteiger partial charge in [-0.05, 0) is 31.2 Å². The first-order valence-corrected chi connectivity index (χ1v) is 8.15. The number of aliphatic carboxylic acids is 1. The molecule has 1 amide bonds. The standard InChI is InChI=1S/C15H13F3N4O4S/c1-6(13(25)26)27-14-21-10(19)9(12(24)22-14)20-11(23)7-2-4-8(5-3-7)15(16,17)18/h2-6H,1H3,(H,20,23)(H,25,26)(H3,19,21,22,24)/t6-/m1/s1. The molecule has 0 aliphatic carbocycles. The zero-order valence-electron chi connectivity index (χ0n) is 13.6. The van der Waals surface area contributed by atoms with E-state index in [4.69, 9.17) is 10.8 Å². The Balaban J connectivity index is 2.20. The average molecular weight is 402 g/mol. The summed E-state index contributed by atoms with van der Waals surface area (Å²) >= 11 is 0.742. The number of alkyl halides is 3. The number of nitrogen functional groups attached to an aromatic ring is 1. The molecule has 0 aliphatic heterocycles. The van der Waals surface area contributed by atoms with Crippen LogP contribution in [0.15, 0.2) is 34.2 Å². The summed E-state index contributed by atoms with van der Waals surface area (Å²) in [4.78, 5) is 41.1. The summed E-state index contributed by atoms with van der Waals surface area (Å²) in [6, 6.07) is 3.37. The number of carboxylic acid groups (broad SMARTS) is 1. The van der Waals surface area contributed by atoms with E-state index in [2.05, 4.69) is 15.3 Å². The number of carboxylic acids is 1. The second kappa shape index (κ2) is 7.70. The lowest BCUT2D eigenvalue weighted by molar-refractivity contribution is -0.138. The molecule has 27 heavy (non-hydrogen) atoms. The fraction of sp³-hybridized carbons (Fsp3) is 0.200. The molecule has 1 aromatic carbocycles. The number of rotatable bonds is 5. The van der Waals surface area contributed by atoms with Crippen LogP contribution < -0.4 is 16.6 Å². The summed E-state index contributed by atoms with van der Waals surface area (Å²) in [6.07, 6.45) is -4.54. The van der Waals surface area contributed by atoms with Crippen molar-refractivity contribution in [1.29, 1.82) is 0 Å². The molecule has 1 aromatic heterocycles. The van der Waals surface area contributed by atoms with E-state index in [1.165, 1.54) is 6.92 Å². The van der Waals surface area contributed by atoms with E-state index in [9.17, 15) is 27.6 Å². The van der Waals surface area contributed by atoms with Gasteiger partial charge in [-0.1, -0.05) is 11.8 Å². The highest BCUT2D eigenvalue weighted by Gasteiger charge is 2.30. The number of benzene rings is 1. The highest BCUT2D eigenvalue weighted by Crippen LogP contribution is 2.29. The molecule has 8 nitrogen and oxygen atoms in total. The molecule has 0 fully saturated rings. The van der Waals surface area contributed by atoms with Crippen molar-refractivity contribution in [3.8, 4) is 0 Å². The Kier molecular flexibility index (Phi) is 5.78. The van der Waals surface area contributed by atoms with Crippen LogP contribution in [0.1, 0.15) is 22.8 Å². The molecular formula is C15H13F3N4O4S. The van der Waals surface area contributed by atoms with Crippen molar-refractivity contribution >= 4 is 35.1 Å². The van der Waals surface area contributed by atoms with Gasteiger partial charge in [0.1, 0.15) is 10.9 Å². The number of amides is 1. The normalized spacial score (nSPS) is 12.4. The van der Waals surface area contributed by atoms with Crippen molar-refractivity contribution in [2.75, 3.05) is 11.1 Å². The predicted molar refractivity (Wildman–Crippen MR) is 91.6 cm³/mol. The summed E-state index contributed by atoms with van der Waals surface area (Å²) < 4.78 is 37.6. The molecule has 2 aromatic rings. The highest BCUT2D eigenvalue weighted by molar-refractivity contribution is 8.00. The molecule has 0 bridgehead atoms. The SMILES string of the molecule is C[C@@H](Sc1nc(N)c(NC(=O)c2ccc(C(F)(F)F)cc2)c(=O)[nH]1)C(=O)O. The third kappa shape index (κ3) is 5.00. The Morgan fingerprint density at radius 1 is 1.30 bits per heavy atom. The lowest BCUT2D eigenvalue weighted by Gasteiger charge is -2.10. The van der Waals surface area contributed by atoms with Crippen LogP contribution in [0.2, 0.25) is 0 Å². The number of hydrogen-bond acceptors (Lipinski definition) is 6. The quantitative estimate of drug-likeness (QED) is 0.444. The van der Waals surface area contributed by atoms with Crippen molar-refractivity contribution < 1.29 is 27.9 Å². The Morgan fingerprint density at radius 2 is 1.89 bits per heavy atom. The van der Waals surface area contributed by atoms with Gasteiger partial charge >= 0.3 is 12.1 Å². The number of aromatic nitrogens is 2. The Labute approximate surface area is 154 Å². The number of nitrogens with zero attached hydrogens (tertiary/aromatic N) is 1. The van der Waals surface area contributed by atoms with Gasteiger partial charge < -0.3 is 16.2 Å². The summed E-state index contributed by atoms with van der Waals surface area (Å²) in [5, 5.41) is 10.1. The molecule has 0 aliphatic rings. The minimum absolute atomic E-state index is 0.0556. The number of nitrogens with one attached hydrogen (secondary N) is 2. The first-order chi connectivity index (χ1) is 12.5. The topological polar surface area (TPSA) is 138 Å². The van der Waals surface area contributed by atoms with Crippen LogP contribution >= 0.6 is 11.8 Å². The van der Waals surface area contributed by atoms with E-state index >= 15 is 0 Å². The van der Waals surface area contributed by atoms with Gasteiger partial charge in [0.2, 0.25) is 0 Å². The largest absolute Gasteiger partial charge is 0.480 e. The van der Waals surface area contributed by atoms with Crippen LogP contribution in [0.25, 0.3) is 0 Å². The fourth-order valence-electron chi connectivity index (χ4n) is 1.86. The number of H-pyrrole nitrogens is 1.